The number of nitrogens with one attached hydrogen (secondary N) is 1. The summed E-state index contributed by atoms with van der Waals surface area (Å²) in [6.07, 6.45) is 7.70. The Kier molecular flexibility index (Phi) is 4.81. The summed E-state index contributed by atoms with van der Waals surface area (Å²) in [5, 5.41) is 2.93. The van der Waals surface area contributed by atoms with E-state index in [1.54, 1.807) is 0 Å². The summed E-state index contributed by atoms with van der Waals surface area (Å²) in [4.78, 5) is 25.8. The number of rotatable bonds is 4. The molecule has 4 nitrogen and oxygen atoms in total. The van der Waals surface area contributed by atoms with Crippen molar-refractivity contribution in [3.8, 4) is 0 Å². The maximum atomic E-state index is 12.1. The van der Waals surface area contributed by atoms with Crippen LogP contribution in [0.25, 0.3) is 0 Å². The normalized spacial score (nSPS) is 21.4. The minimum atomic E-state index is -0.367. The summed E-state index contributed by atoms with van der Waals surface area (Å²) in [5.74, 6) is 0.131. The molecule has 1 aromatic rings. The topological polar surface area (TPSA) is 55.4 Å². The molecule has 3 rings (SSSR count). The Bertz CT molecular complexity index is 560. The van der Waals surface area contributed by atoms with Gasteiger partial charge in [0.2, 0.25) is 0 Å². The zero-order valence-electron chi connectivity index (χ0n) is 13.0. The minimum Gasteiger partial charge on any atom is -0.451 e. The van der Waals surface area contributed by atoms with Gasteiger partial charge in [0.05, 0.1) is 0 Å². The van der Waals surface area contributed by atoms with E-state index in [9.17, 15) is 9.59 Å². The van der Waals surface area contributed by atoms with Gasteiger partial charge in [-0.3, -0.25) is 4.79 Å². The molecular formula is C17H23NO3S. The van der Waals surface area contributed by atoms with Crippen molar-refractivity contribution < 1.29 is 14.3 Å². The third-order valence-corrected chi connectivity index (χ3v) is 5.80. The number of esters is 1. The van der Waals surface area contributed by atoms with Gasteiger partial charge in [0.25, 0.3) is 5.91 Å². The Balaban J connectivity index is 1.50. The van der Waals surface area contributed by atoms with Gasteiger partial charge in [0.15, 0.2) is 6.61 Å². The van der Waals surface area contributed by atoms with Gasteiger partial charge in [-0.25, -0.2) is 4.79 Å². The molecule has 0 saturated heterocycles. The van der Waals surface area contributed by atoms with E-state index in [4.69, 9.17) is 4.74 Å². The van der Waals surface area contributed by atoms with Crippen molar-refractivity contribution in [2.24, 2.45) is 5.92 Å². The number of carbonyl (C=O) groups is 2. The van der Waals surface area contributed by atoms with Gasteiger partial charge < -0.3 is 10.1 Å². The molecule has 1 aromatic heterocycles. The highest BCUT2D eigenvalue weighted by molar-refractivity contribution is 7.14. The van der Waals surface area contributed by atoms with Gasteiger partial charge in [-0.1, -0.05) is 19.8 Å². The molecule has 1 heterocycles. The van der Waals surface area contributed by atoms with Gasteiger partial charge in [-0.05, 0) is 49.7 Å². The zero-order valence-corrected chi connectivity index (χ0v) is 13.8. The summed E-state index contributed by atoms with van der Waals surface area (Å²) in [6, 6.07) is 2.22. The smallest absolute Gasteiger partial charge is 0.348 e. The lowest BCUT2D eigenvalue weighted by Gasteiger charge is -2.16. The van der Waals surface area contributed by atoms with E-state index >= 15 is 0 Å². The third-order valence-electron chi connectivity index (χ3n) is 4.59. The second-order valence-electron chi connectivity index (χ2n) is 6.53. The lowest BCUT2D eigenvalue weighted by atomic mass is 9.90. The molecule has 0 bridgehead atoms. The van der Waals surface area contributed by atoms with E-state index in [2.05, 4.69) is 12.2 Å². The Hall–Kier alpha value is -1.36. The van der Waals surface area contributed by atoms with Crippen molar-refractivity contribution in [3.05, 3.63) is 21.4 Å². The van der Waals surface area contributed by atoms with Crippen molar-refractivity contribution >= 4 is 23.2 Å². The molecule has 120 valence electrons. The Morgan fingerprint density at radius 1 is 1.32 bits per heavy atom. The average molecular weight is 321 g/mol. The van der Waals surface area contributed by atoms with Crippen molar-refractivity contribution in [2.45, 2.75) is 57.9 Å². The SMILES string of the molecule is CC1CCc2sc(C(=O)OCC(=O)NC3CCCC3)cc2C1. The van der Waals surface area contributed by atoms with Crippen molar-refractivity contribution in [2.75, 3.05) is 6.61 Å². The number of carbonyl (C=O) groups excluding carboxylic acids is 2. The largest absolute Gasteiger partial charge is 0.451 e. The van der Waals surface area contributed by atoms with Crippen LogP contribution in [0.4, 0.5) is 0 Å². The molecule has 1 atom stereocenters. The van der Waals surface area contributed by atoms with Crippen LogP contribution in [0.3, 0.4) is 0 Å². The molecule has 1 fully saturated rings. The Labute approximate surface area is 135 Å². The standard InChI is InChI=1S/C17H23NO3S/c1-11-6-7-14-12(8-11)9-15(22-14)17(20)21-10-16(19)18-13-4-2-3-5-13/h9,11,13H,2-8,10H2,1H3,(H,18,19). The molecule has 0 radical (unpaired) electrons. The molecular weight excluding hydrogens is 298 g/mol. The lowest BCUT2D eigenvalue weighted by Crippen LogP contribution is -2.35. The first-order chi connectivity index (χ1) is 10.6. The van der Waals surface area contributed by atoms with E-state index < -0.39 is 0 Å². The lowest BCUT2D eigenvalue weighted by molar-refractivity contribution is -0.124. The second kappa shape index (κ2) is 6.82. The van der Waals surface area contributed by atoms with Gasteiger partial charge in [0, 0.05) is 10.9 Å². The maximum absolute atomic E-state index is 12.1. The second-order valence-corrected chi connectivity index (χ2v) is 7.67. The van der Waals surface area contributed by atoms with E-state index in [0.29, 0.717) is 10.8 Å². The number of hydrogen-bond acceptors (Lipinski definition) is 4. The molecule has 1 N–H and O–H groups in total. The number of amides is 1. The molecule has 1 saturated carbocycles. The first-order valence-electron chi connectivity index (χ1n) is 8.20. The van der Waals surface area contributed by atoms with Gasteiger partial charge in [-0.15, -0.1) is 11.3 Å². The zero-order chi connectivity index (χ0) is 15.5. The summed E-state index contributed by atoms with van der Waals surface area (Å²) in [6.45, 7) is 2.07. The van der Waals surface area contributed by atoms with Crippen molar-refractivity contribution in [1.82, 2.24) is 5.32 Å². The molecule has 0 aliphatic heterocycles. The number of fused-ring (bicyclic) bond motifs is 1. The van der Waals surface area contributed by atoms with Gasteiger partial charge in [-0.2, -0.15) is 0 Å². The van der Waals surface area contributed by atoms with Crippen molar-refractivity contribution in [3.63, 3.8) is 0 Å². The number of thiophene rings is 1. The van der Waals surface area contributed by atoms with E-state index in [0.717, 1.165) is 25.7 Å². The number of aryl methyl sites for hydroxylation is 1. The van der Waals surface area contributed by atoms with E-state index in [1.807, 2.05) is 6.07 Å². The fraction of sp³-hybridized carbons (Fsp3) is 0.647. The quantitative estimate of drug-likeness (QED) is 0.867. The molecule has 5 heteroatoms. The molecule has 1 amide bonds. The number of hydrogen-bond donors (Lipinski definition) is 1. The first-order valence-corrected chi connectivity index (χ1v) is 9.01. The van der Waals surface area contributed by atoms with Gasteiger partial charge in [0.1, 0.15) is 4.88 Å². The highest BCUT2D eigenvalue weighted by Crippen LogP contribution is 2.32. The Morgan fingerprint density at radius 2 is 2.09 bits per heavy atom. The maximum Gasteiger partial charge on any atom is 0.348 e. The van der Waals surface area contributed by atoms with Crippen LogP contribution in [0, 0.1) is 5.92 Å². The first kappa shape index (κ1) is 15.5. The molecule has 2 aliphatic carbocycles. The third kappa shape index (κ3) is 3.69. The summed E-state index contributed by atoms with van der Waals surface area (Å²) >= 11 is 1.52. The van der Waals surface area contributed by atoms with Crippen LogP contribution in [-0.2, 0) is 22.4 Å². The fourth-order valence-electron chi connectivity index (χ4n) is 3.35. The van der Waals surface area contributed by atoms with Crippen LogP contribution in [0.5, 0.6) is 0 Å². The Morgan fingerprint density at radius 3 is 2.86 bits per heavy atom. The predicted octanol–water partition coefficient (Wildman–Crippen LogP) is 3.09. The monoisotopic (exact) mass is 321 g/mol. The summed E-state index contributed by atoms with van der Waals surface area (Å²) < 4.78 is 5.16. The van der Waals surface area contributed by atoms with Crippen LogP contribution in [0.15, 0.2) is 6.07 Å². The molecule has 1 unspecified atom stereocenters. The van der Waals surface area contributed by atoms with Crippen molar-refractivity contribution in [1.29, 1.82) is 0 Å². The minimum absolute atomic E-state index is 0.172. The van der Waals surface area contributed by atoms with Crippen LogP contribution >= 0.6 is 11.3 Å². The van der Waals surface area contributed by atoms with Gasteiger partial charge >= 0.3 is 5.97 Å². The van der Waals surface area contributed by atoms with E-state index in [-0.39, 0.29) is 24.5 Å². The molecule has 0 aromatic carbocycles. The average Bonchev–Trinajstić information content (AvgIpc) is 3.13. The summed E-state index contributed by atoms with van der Waals surface area (Å²) in [5.41, 5.74) is 1.28. The van der Waals surface area contributed by atoms with Crippen LogP contribution in [0.1, 0.15) is 59.1 Å². The molecule has 0 spiro atoms. The highest BCUT2D eigenvalue weighted by atomic mass is 32.1. The fourth-order valence-corrected chi connectivity index (χ4v) is 4.45. The predicted molar refractivity (Wildman–Crippen MR) is 86.2 cm³/mol. The number of ether oxygens (including phenoxy) is 1. The van der Waals surface area contributed by atoms with Crippen LogP contribution < -0.4 is 5.32 Å². The molecule has 2 aliphatic rings. The van der Waals surface area contributed by atoms with E-state index in [1.165, 1.54) is 41.0 Å². The summed E-state index contributed by atoms with van der Waals surface area (Å²) in [7, 11) is 0. The van der Waals surface area contributed by atoms with Crippen LogP contribution in [0.2, 0.25) is 0 Å². The van der Waals surface area contributed by atoms with Crippen LogP contribution in [-0.4, -0.2) is 24.5 Å². The highest BCUT2D eigenvalue weighted by Gasteiger charge is 2.22. The molecule has 22 heavy (non-hydrogen) atoms.